The van der Waals surface area contributed by atoms with Crippen molar-refractivity contribution in [3.05, 3.63) is 0 Å². The molecule has 0 aromatic heterocycles. The van der Waals surface area contributed by atoms with E-state index < -0.39 is 5.97 Å². The van der Waals surface area contributed by atoms with Crippen LogP contribution in [0.3, 0.4) is 0 Å². The summed E-state index contributed by atoms with van der Waals surface area (Å²) in [6.07, 6.45) is 7.53. The summed E-state index contributed by atoms with van der Waals surface area (Å²) in [6, 6.07) is 0. The zero-order valence-corrected chi connectivity index (χ0v) is 16.2. The van der Waals surface area contributed by atoms with Crippen LogP contribution in [0.15, 0.2) is 0 Å². The summed E-state index contributed by atoms with van der Waals surface area (Å²) in [7, 11) is 0. The van der Waals surface area contributed by atoms with Crippen molar-refractivity contribution in [1.29, 1.82) is 0 Å². The van der Waals surface area contributed by atoms with Gasteiger partial charge in [0.25, 0.3) is 0 Å². The quantitative estimate of drug-likeness (QED) is 0.258. The number of carboxylic acid groups (broad SMARTS) is 1. The van der Waals surface area contributed by atoms with Crippen LogP contribution >= 0.6 is 0 Å². The third-order valence-electron chi connectivity index (χ3n) is 3.65. The first-order chi connectivity index (χ1) is 12.7. The van der Waals surface area contributed by atoms with Crippen LogP contribution in [0.5, 0.6) is 0 Å². The van der Waals surface area contributed by atoms with Gasteiger partial charge in [-0.15, -0.1) is 0 Å². The van der Waals surface area contributed by atoms with Crippen LogP contribution in [-0.4, -0.2) is 63.3 Å². The van der Waals surface area contributed by atoms with Crippen LogP contribution in [0.4, 0.5) is 0 Å². The number of hydrogen-bond donors (Lipinski definition) is 1. The van der Waals surface area contributed by atoms with E-state index in [2.05, 4.69) is 6.92 Å². The van der Waals surface area contributed by atoms with Gasteiger partial charge in [0.15, 0.2) is 0 Å². The Hall–Kier alpha value is -1.18. The molecule has 26 heavy (non-hydrogen) atoms. The predicted molar refractivity (Wildman–Crippen MR) is 98.3 cm³/mol. The molecule has 0 bridgehead atoms. The molecule has 0 amide bonds. The monoisotopic (exact) mass is 376 g/mol. The van der Waals surface area contributed by atoms with Crippen molar-refractivity contribution in [3.63, 3.8) is 0 Å². The normalized spacial score (nSPS) is 10.8. The fourth-order valence-corrected chi connectivity index (χ4v) is 2.18. The number of hydrogen-bond acceptors (Lipinski definition) is 6. The highest BCUT2D eigenvalue weighted by molar-refractivity contribution is 5.69. The molecule has 0 aromatic carbocycles. The molecule has 154 valence electrons. The maximum atomic E-state index is 11.4. The molecule has 0 spiro atoms. The lowest BCUT2D eigenvalue weighted by Crippen LogP contribution is -2.14. The Labute approximate surface area is 157 Å². The number of ether oxygens (including phenoxy) is 4. The number of carbonyl (C=O) groups excluding carboxylic acids is 1. The summed E-state index contributed by atoms with van der Waals surface area (Å²) in [5.41, 5.74) is 0. The van der Waals surface area contributed by atoms with Gasteiger partial charge < -0.3 is 24.1 Å². The third-order valence-corrected chi connectivity index (χ3v) is 3.65. The summed E-state index contributed by atoms with van der Waals surface area (Å²) in [6.45, 7) is 5.65. The summed E-state index contributed by atoms with van der Waals surface area (Å²) >= 11 is 0. The third kappa shape index (κ3) is 20.9. The van der Waals surface area contributed by atoms with Crippen molar-refractivity contribution in [3.8, 4) is 0 Å². The van der Waals surface area contributed by atoms with Crippen molar-refractivity contribution < 1.29 is 33.6 Å². The molecule has 0 aliphatic carbocycles. The van der Waals surface area contributed by atoms with Gasteiger partial charge in [0.1, 0.15) is 6.61 Å². The number of rotatable bonds is 20. The van der Waals surface area contributed by atoms with Crippen molar-refractivity contribution >= 4 is 11.9 Å². The molecule has 0 aliphatic rings. The predicted octanol–water partition coefficient (Wildman–Crippen LogP) is 3.19. The zero-order valence-electron chi connectivity index (χ0n) is 16.2. The van der Waals surface area contributed by atoms with Crippen molar-refractivity contribution in [1.82, 2.24) is 0 Å². The Kier molecular flexibility index (Phi) is 19.2. The van der Waals surface area contributed by atoms with E-state index in [4.69, 9.17) is 24.1 Å². The maximum Gasteiger partial charge on any atom is 0.305 e. The van der Waals surface area contributed by atoms with Gasteiger partial charge in [-0.25, -0.2) is 0 Å². The van der Waals surface area contributed by atoms with E-state index in [9.17, 15) is 9.59 Å². The van der Waals surface area contributed by atoms with E-state index in [0.29, 0.717) is 45.9 Å². The molecule has 0 atom stereocenters. The van der Waals surface area contributed by atoms with E-state index in [0.717, 1.165) is 13.0 Å². The summed E-state index contributed by atoms with van der Waals surface area (Å²) in [5.74, 6) is -1.16. The van der Waals surface area contributed by atoms with Crippen LogP contribution in [0, 0.1) is 0 Å². The van der Waals surface area contributed by atoms with Gasteiger partial charge in [0.05, 0.1) is 33.0 Å². The Morgan fingerprint density at radius 1 is 0.654 bits per heavy atom. The highest BCUT2D eigenvalue weighted by Crippen LogP contribution is 2.02. The van der Waals surface area contributed by atoms with E-state index >= 15 is 0 Å². The van der Waals surface area contributed by atoms with Crippen LogP contribution < -0.4 is 0 Å². The first-order valence-electron chi connectivity index (χ1n) is 9.77. The molecule has 7 nitrogen and oxygen atoms in total. The van der Waals surface area contributed by atoms with Gasteiger partial charge in [-0.05, 0) is 19.3 Å². The van der Waals surface area contributed by atoms with Crippen molar-refractivity contribution in [2.45, 2.75) is 64.7 Å². The lowest BCUT2D eigenvalue weighted by Gasteiger charge is -2.07. The number of unbranched alkanes of at least 4 members (excludes halogenated alkanes) is 5. The molecule has 0 radical (unpaired) electrons. The van der Waals surface area contributed by atoms with Crippen LogP contribution in [0.2, 0.25) is 0 Å². The lowest BCUT2D eigenvalue weighted by molar-refractivity contribution is -0.146. The number of carboxylic acids is 1. The Morgan fingerprint density at radius 3 is 1.81 bits per heavy atom. The fourth-order valence-electron chi connectivity index (χ4n) is 2.18. The minimum atomic E-state index is -0.844. The second kappa shape index (κ2) is 20.1. The van der Waals surface area contributed by atoms with Gasteiger partial charge in [0.2, 0.25) is 0 Å². The van der Waals surface area contributed by atoms with E-state index in [1.54, 1.807) is 0 Å². The zero-order chi connectivity index (χ0) is 19.3. The van der Waals surface area contributed by atoms with E-state index in [-0.39, 0.29) is 25.4 Å². The van der Waals surface area contributed by atoms with Gasteiger partial charge in [-0.2, -0.15) is 0 Å². The lowest BCUT2D eigenvalue weighted by atomic mass is 10.2. The van der Waals surface area contributed by atoms with Gasteiger partial charge in [0, 0.05) is 19.4 Å². The summed E-state index contributed by atoms with van der Waals surface area (Å²) in [5, 5.41) is 8.48. The van der Waals surface area contributed by atoms with Crippen LogP contribution in [0.1, 0.15) is 64.7 Å². The molecular weight excluding hydrogens is 340 g/mol. The van der Waals surface area contributed by atoms with Crippen molar-refractivity contribution in [2.24, 2.45) is 0 Å². The molecule has 1 N–H and O–H groups in total. The van der Waals surface area contributed by atoms with E-state index in [1.807, 2.05) is 0 Å². The molecule has 0 saturated heterocycles. The molecule has 0 aliphatic heterocycles. The van der Waals surface area contributed by atoms with Crippen LogP contribution in [-0.2, 0) is 28.5 Å². The standard InChI is InChI=1S/C19H36O7/c1-2-3-4-5-8-11-23-12-13-24-14-15-25-16-17-26-19(22)10-7-6-9-18(20)21/h2-17H2,1H3,(H,20,21). The SMILES string of the molecule is CCCCCCCOCCOCCOCCOC(=O)CCCCC(=O)O. The molecule has 0 saturated carbocycles. The van der Waals surface area contributed by atoms with Gasteiger partial charge >= 0.3 is 11.9 Å². The molecule has 0 unspecified atom stereocenters. The molecule has 7 heteroatoms. The number of esters is 1. The Bertz CT molecular complexity index is 334. The fraction of sp³-hybridized carbons (Fsp3) is 0.895. The topological polar surface area (TPSA) is 91.3 Å². The minimum Gasteiger partial charge on any atom is -0.481 e. The first kappa shape index (κ1) is 24.8. The first-order valence-corrected chi connectivity index (χ1v) is 9.77. The van der Waals surface area contributed by atoms with Crippen molar-refractivity contribution in [2.75, 3.05) is 46.2 Å². The summed E-state index contributed by atoms with van der Waals surface area (Å²) < 4.78 is 21.2. The number of aliphatic carboxylic acids is 1. The molecule has 0 aromatic rings. The maximum absolute atomic E-state index is 11.4. The second-order valence-corrected chi connectivity index (χ2v) is 6.07. The average molecular weight is 376 g/mol. The molecule has 0 fully saturated rings. The largest absolute Gasteiger partial charge is 0.481 e. The minimum absolute atomic E-state index is 0.0837. The van der Waals surface area contributed by atoms with E-state index in [1.165, 1.54) is 25.7 Å². The van der Waals surface area contributed by atoms with Gasteiger partial charge in [-0.3, -0.25) is 9.59 Å². The number of carbonyl (C=O) groups is 2. The highest BCUT2D eigenvalue weighted by atomic mass is 16.6. The molecular formula is C19H36O7. The molecule has 0 heterocycles. The summed E-state index contributed by atoms with van der Waals surface area (Å²) in [4.78, 5) is 21.7. The second-order valence-electron chi connectivity index (χ2n) is 6.07. The molecule has 0 rings (SSSR count). The average Bonchev–Trinajstić information content (AvgIpc) is 2.62. The smallest absolute Gasteiger partial charge is 0.305 e. The Balaban J connectivity index is 3.12. The highest BCUT2D eigenvalue weighted by Gasteiger charge is 2.04. The Morgan fingerprint density at radius 2 is 1.19 bits per heavy atom. The van der Waals surface area contributed by atoms with Gasteiger partial charge in [-0.1, -0.05) is 32.6 Å². The van der Waals surface area contributed by atoms with Crippen LogP contribution in [0.25, 0.3) is 0 Å².